The molecule has 1 aliphatic rings. The summed E-state index contributed by atoms with van der Waals surface area (Å²) in [5.74, 6) is -0.745. The molecule has 1 saturated carbocycles. The van der Waals surface area contributed by atoms with Gasteiger partial charge in [-0.05, 0) is 24.8 Å². The third-order valence-electron chi connectivity index (χ3n) is 2.17. The summed E-state index contributed by atoms with van der Waals surface area (Å²) in [4.78, 5) is 15.0. The Labute approximate surface area is 91.2 Å². The van der Waals surface area contributed by atoms with Crippen molar-refractivity contribution in [2.24, 2.45) is 5.92 Å². The van der Waals surface area contributed by atoms with Gasteiger partial charge >= 0.3 is 5.97 Å². The van der Waals surface area contributed by atoms with E-state index in [2.05, 4.69) is 4.98 Å². The Hall–Kier alpha value is -1.16. The van der Waals surface area contributed by atoms with Gasteiger partial charge in [0.2, 0.25) is 0 Å². The van der Waals surface area contributed by atoms with Crippen LogP contribution < -0.4 is 0 Å². The van der Waals surface area contributed by atoms with Crippen molar-refractivity contribution in [2.75, 3.05) is 6.61 Å². The van der Waals surface area contributed by atoms with Crippen LogP contribution in [0.3, 0.4) is 0 Å². The predicted molar refractivity (Wildman–Crippen MR) is 52.2 cm³/mol. The van der Waals surface area contributed by atoms with Crippen LogP contribution in [0, 0.1) is 11.7 Å². The Morgan fingerprint density at radius 2 is 2.40 bits per heavy atom. The first-order chi connectivity index (χ1) is 7.16. The van der Waals surface area contributed by atoms with E-state index in [4.69, 9.17) is 16.3 Å². The van der Waals surface area contributed by atoms with Gasteiger partial charge in [-0.1, -0.05) is 11.6 Å². The molecule has 0 spiro atoms. The summed E-state index contributed by atoms with van der Waals surface area (Å²) in [6.45, 7) is 0.381. The van der Waals surface area contributed by atoms with Crippen LogP contribution in [-0.2, 0) is 4.74 Å². The molecule has 1 aromatic heterocycles. The smallest absolute Gasteiger partial charge is 0.341 e. The molecule has 1 fully saturated rings. The van der Waals surface area contributed by atoms with Gasteiger partial charge in [0.25, 0.3) is 0 Å². The first-order valence-corrected chi connectivity index (χ1v) is 5.03. The van der Waals surface area contributed by atoms with Gasteiger partial charge in [-0.2, -0.15) is 0 Å². The summed E-state index contributed by atoms with van der Waals surface area (Å²) >= 11 is 5.64. The van der Waals surface area contributed by atoms with Crippen molar-refractivity contribution in [1.29, 1.82) is 0 Å². The molecule has 0 N–H and O–H groups in total. The predicted octanol–water partition coefficient (Wildman–Crippen LogP) is 2.44. The molecule has 0 saturated heterocycles. The monoisotopic (exact) mass is 229 g/mol. The number of carbonyl (C=O) groups excluding carboxylic acids is 1. The lowest BCUT2D eigenvalue weighted by molar-refractivity contribution is 0.0485. The number of halogens is 2. The summed E-state index contributed by atoms with van der Waals surface area (Å²) in [5, 5.41) is -0.0304. The topological polar surface area (TPSA) is 39.2 Å². The SMILES string of the molecule is O=C(OCC1CC1)c1cc(F)cnc1Cl. The van der Waals surface area contributed by atoms with Gasteiger partial charge in [0.05, 0.1) is 18.4 Å². The molecule has 0 radical (unpaired) electrons. The Morgan fingerprint density at radius 3 is 3.07 bits per heavy atom. The van der Waals surface area contributed by atoms with E-state index in [0.29, 0.717) is 12.5 Å². The minimum absolute atomic E-state index is 0.0164. The molecule has 5 heteroatoms. The van der Waals surface area contributed by atoms with E-state index in [9.17, 15) is 9.18 Å². The van der Waals surface area contributed by atoms with Crippen molar-refractivity contribution in [3.05, 3.63) is 28.8 Å². The van der Waals surface area contributed by atoms with E-state index >= 15 is 0 Å². The van der Waals surface area contributed by atoms with E-state index < -0.39 is 11.8 Å². The molecule has 1 aliphatic carbocycles. The summed E-state index contributed by atoms with van der Waals surface area (Å²) < 4.78 is 17.7. The maximum absolute atomic E-state index is 12.8. The van der Waals surface area contributed by atoms with E-state index in [-0.39, 0.29) is 10.7 Å². The molecule has 1 heterocycles. The average Bonchev–Trinajstić information content (AvgIpc) is 3.02. The highest BCUT2D eigenvalue weighted by Crippen LogP contribution is 2.29. The van der Waals surface area contributed by atoms with Crippen LogP contribution in [0.15, 0.2) is 12.3 Å². The van der Waals surface area contributed by atoms with Crippen LogP contribution in [0.5, 0.6) is 0 Å². The van der Waals surface area contributed by atoms with Crippen molar-refractivity contribution in [2.45, 2.75) is 12.8 Å². The zero-order valence-electron chi connectivity index (χ0n) is 7.87. The molecule has 0 aliphatic heterocycles. The minimum Gasteiger partial charge on any atom is -0.462 e. The van der Waals surface area contributed by atoms with E-state index in [1.807, 2.05) is 0 Å². The summed E-state index contributed by atoms with van der Waals surface area (Å²) in [7, 11) is 0. The first-order valence-electron chi connectivity index (χ1n) is 4.65. The number of rotatable bonds is 3. The van der Waals surface area contributed by atoms with Crippen LogP contribution in [0.4, 0.5) is 4.39 Å². The van der Waals surface area contributed by atoms with Gasteiger partial charge in [-0.3, -0.25) is 0 Å². The molecule has 0 amide bonds. The highest BCUT2D eigenvalue weighted by atomic mass is 35.5. The lowest BCUT2D eigenvalue weighted by Crippen LogP contribution is -2.09. The van der Waals surface area contributed by atoms with E-state index in [1.165, 1.54) is 0 Å². The van der Waals surface area contributed by atoms with Gasteiger partial charge in [0, 0.05) is 0 Å². The van der Waals surface area contributed by atoms with Crippen molar-refractivity contribution in [3.8, 4) is 0 Å². The fourth-order valence-electron chi connectivity index (χ4n) is 1.12. The van der Waals surface area contributed by atoms with Crippen molar-refractivity contribution >= 4 is 17.6 Å². The maximum atomic E-state index is 12.8. The highest BCUT2D eigenvalue weighted by Gasteiger charge is 2.24. The molecule has 3 nitrogen and oxygen atoms in total. The molecule has 0 aromatic carbocycles. The Morgan fingerprint density at radius 1 is 1.67 bits per heavy atom. The van der Waals surface area contributed by atoms with Crippen molar-refractivity contribution in [3.63, 3.8) is 0 Å². The standard InChI is InChI=1S/C10H9ClFNO2/c11-9-8(3-7(12)4-13-9)10(14)15-5-6-1-2-6/h3-4,6H,1-2,5H2. The highest BCUT2D eigenvalue weighted by molar-refractivity contribution is 6.32. The number of carbonyl (C=O) groups is 1. The van der Waals surface area contributed by atoms with Gasteiger partial charge in [-0.25, -0.2) is 14.2 Å². The van der Waals surface area contributed by atoms with Crippen LogP contribution in [0.1, 0.15) is 23.2 Å². The summed E-state index contributed by atoms with van der Waals surface area (Å²) in [6.07, 6.45) is 3.13. The number of nitrogens with zero attached hydrogens (tertiary/aromatic N) is 1. The summed E-state index contributed by atoms with van der Waals surface area (Å²) in [6, 6.07) is 1.03. The van der Waals surface area contributed by atoms with Crippen molar-refractivity contribution in [1.82, 2.24) is 4.98 Å². The van der Waals surface area contributed by atoms with Crippen LogP contribution in [0.2, 0.25) is 5.15 Å². The first kappa shape index (κ1) is 10.4. The molecule has 80 valence electrons. The second-order valence-corrected chi connectivity index (χ2v) is 3.89. The third-order valence-corrected chi connectivity index (χ3v) is 2.47. The van der Waals surface area contributed by atoms with Gasteiger partial charge in [0.15, 0.2) is 0 Å². The van der Waals surface area contributed by atoms with Gasteiger partial charge in [0.1, 0.15) is 11.0 Å². The fraction of sp³-hybridized carbons (Fsp3) is 0.400. The number of aromatic nitrogens is 1. The fourth-order valence-corrected chi connectivity index (χ4v) is 1.30. The number of hydrogen-bond acceptors (Lipinski definition) is 3. The molecular weight excluding hydrogens is 221 g/mol. The minimum atomic E-state index is -0.612. The largest absolute Gasteiger partial charge is 0.462 e. The quantitative estimate of drug-likeness (QED) is 0.590. The molecular formula is C10H9ClFNO2. The number of ether oxygens (including phenoxy) is 1. The van der Waals surface area contributed by atoms with E-state index in [1.54, 1.807) is 0 Å². The maximum Gasteiger partial charge on any atom is 0.341 e. The molecule has 0 bridgehead atoms. The molecule has 1 aromatic rings. The second kappa shape index (κ2) is 4.14. The zero-order valence-corrected chi connectivity index (χ0v) is 8.63. The van der Waals surface area contributed by atoms with Gasteiger partial charge < -0.3 is 4.74 Å². The van der Waals surface area contributed by atoms with Crippen LogP contribution >= 0.6 is 11.6 Å². The van der Waals surface area contributed by atoms with Crippen LogP contribution in [-0.4, -0.2) is 17.6 Å². The third kappa shape index (κ3) is 2.65. The van der Waals surface area contributed by atoms with Gasteiger partial charge in [-0.15, -0.1) is 0 Å². The summed E-state index contributed by atoms with van der Waals surface area (Å²) in [5.41, 5.74) is -0.0164. The second-order valence-electron chi connectivity index (χ2n) is 3.53. The molecule has 0 atom stereocenters. The Balaban J connectivity index is 2.05. The number of hydrogen-bond donors (Lipinski definition) is 0. The van der Waals surface area contributed by atoms with Crippen molar-refractivity contribution < 1.29 is 13.9 Å². The molecule has 15 heavy (non-hydrogen) atoms. The lowest BCUT2D eigenvalue weighted by atomic mass is 10.3. The molecule has 2 rings (SSSR count). The lowest BCUT2D eigenvalue weighted by Gasteiger charge is -2.04. The number of esters is 1. The molecule has 0 unspecified atom stereocenters. The van der Waals surface area contributed by atoms with E-state index in [0.717, 1.165) is 25.1 Å². The zero-order chi connectivity index (χ0) is 10.8. The normalized spacial score (nSPS) is 15.1. The van der Waals surface area contributed by atoms with Crippen LogP contribution in [0.25, 0.3) is 0 Å². The average molecular weight is 230 g/mol. The Bertz CT molecular complexity index is 393. The number of pyridine rings is 1. The Kier molecular flexibility index (Phi) is 2.86.